The van der Waals surface area contributed by atoms with Crippen LogP contribution in [0.2, 0.25) is 0 Å². The number of hydrogen-bond donors (Lipinski definition) is 2. The Bertz CT molecular complexity index is 460. The van der Waals surface area contributed by atoms with Crippen molar-refractivity contribution < 1.29 is 9.53 Å². The smallest absolute Gasteiger partial charge is 0.243 e. The first kappa shape index (κ1) is 21.3. The summed E-state index contributed by atoms with van der Waals surface area (Å²) in [6.45, 7) is 8.99. The third-order valence-corrected chi connectivity index (χ3v) is 6.39. The number of carbonyl (C=O) groups is 1. The van der Waals surface area contributed by atoms with Gasteiger partial charge in [-0.3, -0.25) is 9.69 Å². The molecular formula is C18H35N5O2S. The highest BCUT2D eigenvalue weighted by atomic mass is 32.2. The molecule has 0 bridgehead atoms. The van der Waals surface area contributed by atoms with E-state index < -0.39 is 0 Å². The van der Waals surface area contributed by atoms with Gasteiger partial charge in [0.1, 0.15) is 6.54 Å². The van der Waals surface area contributed by atoms with E-state index in [1.807, 2.05) is 11.8 Å². The van der Waals surface area contributed by atoms with Crippen LogP contribution in [0.15, 0.2) is 4.99 Å². The molecule has 0 aliphatic carbocycles. The molecule has 0 radical (unpaired) electrons. The van der Waals surface area contributed by atoms with Gasteiger partial charge in [-0.25, -0.2) is 4.99 Å². The second-order valence-electron chi connectivity index (χ2n) is 7.44. The lowest BCUT2D eigenvalue weighted by Gasteiger charge is -2.27. The molecule has 0 aromatic carbocycles. The molecule has 1 amide bonds. The van der Waals surface area contributed by atoms with E-state index in [2.05, 4.69) is 27.4 Å². The van der Waals surface area contributed by atoms with Gasteiger partial charge < -0.3 is 20.3 Å². The predicted octanol–water partition coefficient (Wildman–Crippen LogP) is 0.618. The van der Waals surface area contributed by atoms with Crippen LogP contribution in [0.4, 0.5) is 0 Å². The molecule has 2 N–H and O–H groups in total. The summed E-state index contributed by atoms with van der Waals surface area (Å²) in [6, 6.07) is 0. The minimum atomic E-state index is 0.0147. The molecule has 2 heterocycles. The van der Waals surface area contributed by atoms with E-state index in [-0.39, 0.29) is 17.2 Å². The van der Waals surface area contributed by atoms with Crippen LogP contribution >= 0.6 is 11.8 Å². The molecule has 0 aromatic rings. The van der Waals surface area contributed by atoms with Gasteiger partial charge >= 0.3 is 0 Å². The first-order chi connectivity index (χ1) is 12.5. The zero-order valence-electron chi connectivity index (χ0n) is 16.6. The highest BCUT2D eigenvalue weighted by Crippen LogP contribution is 2.36. The molecule has 2 rings (SSSR count). The number of nitrogens with zero attached hydrogens (tertiary/aromatic N) is 3. The molecule has 2 saturated heterocycles. The second kappa shape index (κ2) is 11.0. The lowest BCUT2D eigenvalue weighted by atomic mass is 10.1. The van der Waals surface area contributed by atoms with Gasteiger partial charge in [0.2, 0.25) is 5.91 Å². The molecular weight excluding hydrogens is 350 g/mol. The Balaban J connectivity index is 1.77. The fourth-order valence-corrected chi connectivity index (χ4v) is 4.29. The zero-order chi connectivity index (χ0) is 18.8. The van der Waals surface area contributed by atoms with Crippen molar-refractivity contribution >= 4 is 23.6 Å². The maximum absolute atomic E-state index is 11.8. The summed E-state index contributed by atoms with van der Waals surface area (Å²) in [5.74, 6) is 1.99. The normalized spacial score (nSPS) is 24.5. The van der Waals surface area contributed by atoms with Crippen LogP contribution in [0, 0.1) is 0 Å². The highest BCUT2D eigenvalue weighted by Gasteiger charge is 2.29. The van der Waals surface area contributed by atoms with Crippen LogP contribution in [-0.2, 0) is 9.53 Å². The molecule has 2 aliphatic rings. The third-order valence-electron chi connectivity index (χ3n) is 4.85. The average molecular weight is 386 g/mol. The number of nitrogens with one attached hydrogen (secondary N) is 2. The molecule has 0 spiro atoms. The van der Waals surface area contributed by atoms with Crippen molar-refractivity contribution in [1.29, 1.82) is 0 Å². The second-order valence-corrected chi connectivity index (χ2v) is 9.13. The standard InChI is InChI=1S/C18H35N5O2S/c1-18(6-4-13-26-18)15-21-17(20-14-16(24)22(2)3)19-7-5-8-23-9-11-25-12-10-23/h4-15H2,1-3H3,(H2,19,20,21). The Morgan fingerprint density at radius 3 is 2.73 bits per heavy atom. The van der Waals surface area contributed by atoms with E-state index in [0.29, 0.717) is 0 Å². The van der Waals surface area contributed by atoms with E-state index in [0.717, 1.165) is 58.3 Å². The van der Waals surface area contributed by atoms with Crippen LogP contribution in [0.3, 0.4) is 0 Å². The van der Waals surface area contributed by atoms with Crippen molar-refractivity contribution in [2.24, 2.45) is 4.99 Å². The number of carbonyl (C=O) groups excluding carboxylic acids is 1. The average Bonchev–Trinajstić information content (AvgIpc) is 3.07. The van der Waals surface area contributed by atoms with E-state index in [1.165, 1.54) is 18.6 Å². The maximum atomic E-state index is 11.8. The van der Waals surface area contributed by atoms with Crippen LogP contribution < -0.4 is 10.6 Å². The molecule has 2 aliphatic heterocycles. The quantitative estimate of drug-likeness (QED) is 0.363. The van der Waals surface area contributed by atoms with E-state index in [1.54, 1.807) is 19.0 Å². The molecule has 1 unspecified atom stereocenters. The van der Waals surface area contributed by atoms with Crippen LogP contribution in [0.5, 0.6) is 0 Å². The lowest BCUT2D eigenvalue weighted by molar-refractivity contribution is -0.127. The highest BCUT2D eigenvalue weighted by molar-refractivity contribution is 8.00. The monoisotopic (exact) mass is 385 g/mol. The van der Waals surface area contributed by atoms with Crippen molar-refractivity contribution in [3.05, 3.63) is 0 Å². The number of morpholine rings is 1. The van der Waals surface area contributed by atoms with Gasteiger partial charge in [-0.05, 0) is 38.5 Å². The van der Waals surface area contributed by atoms with E-state index in [4.69, 9.17) is 4.74 Å². The molecule has 8 heteroatoms. The number of hydrogen-bond acceptors (Lipinski definition) is 5. The molecule has 0 saturated carbocycles. The number of ether oxygens (including phenoxy) is 1. The van der Waals surface area contributed by atoms with Crippen molar-refractivity contribution in [2.45, 2.75) is 30.9 Å². The summed E-state index contributed by atoms with van der Waals surface area (Å²) < 4.78 is 5.65. The molecule has 150 valence electrons. The first-order valence-corrected chi connectivity index (χ1v) is 10.6. The lowest BCUT2D eigenvalue weighted by Crippen LogP contribution is -2.45. The number of guanidine groups is 1. The fourth-order valence-electron chi connectivity index (χ4n) is 3.04. The van der Waals surface area contributed by atoms with Gasteiger partial charge in [-0.15, -0.1) is 0 Å². The minimum Gasteiger partial charge on any atom is -0.379 e. The third kappa shape index (κ3) is 7.72. The van der Waals surface area contributed by atoms with E-state index >= 15 is 0 Å². The summed E-state index contributed by atoms with van der Waals surface area (Å²) in [7, 11) is 3.52. The summed E-state index contributed by atoms with van der Waals surface area (Å²) in [4.78, 5) is 20.3. The predicted molar refractivity (Wildman–Crippen MR) is 109 cm³/mol. The Hall–Kier alpha value is -0.990. The van der Waals surface area contributed by atoms with E-state index in [9.17, 15) is 4.79 Å². The van der Waals surface area contributed by atoms with Crippen molar-refractivity contribution in [2.75, 3.05) is 72.3 Å². The number of thioether (sulfide) groups is 1. The van der Waals surface area contributed by atoms with Gasteiger partial charge in [0.15, 0.2) is 5.96 Å². The van der Waals surface area contributed by atoms with Crippen molar-refractivity contribution in [3.63, 3.8) is 0 Å². The van der Waals surface area contributed by atoms with Crippen LogP contribution in [0.25, 0.3) is 0 Å². The Kier molecular flexibility index (Phi) is 9.01. The summed E-state index contributed by atoms with van der Waals surface area (Å²) in [5, 5.41) is 6.84. The van der Waals surface area contributed by atoms with Crippen molar-refractivity contribution in [1.82, 2.24) is 20.4 Å². The van der Waals surface area contributed by atoms with Gasteiger partial charge in [0.25, 0.3) is 0 Å². The Labute approximate surface area is 162 Å². The van der Waals surface area contributed by atoms with Crippen LogP contribution in [-0.4, -0.2) is 98.7 Å². The molecule has 7 nitrogen and oxygen atoms in total. The first-order valence-electron chi connectivity index (χ1n) is 9.65. The SMILES string of the molecule is CN(C)C(=O)CN=C(NCCCN1CCOCC1)NCC1(C)CCCS1. The summed E-state index contributed by atoms with van der Waals surface area (Å²) in [6.07, 6.45) is 3.56. The van der Waals surface area contributed by atoms with Crippen molar-refractivity contribution in [3.8, 4) is 0 Å². The Morgan fingerprint density at radius 1 is 1.31 bits per heavy atom. The number of likely N-dealkylation sites (N-methyl/N-ethyl adjacent to an activating group) is 1. The molecule has 2 fully saturated rings. The van der Waals surface area contributed by atoms with Gasteiger partial charge in [0.05, 0.1) is 13.2 Å². The maximum Gasteiger partial charge on any atom is 0.243 e. The minimum absolute atomic E-state index is 0.0147. The largest absolute Gasteiger partial charge is 0.379 e. The van der Waals surface area contributed by atoms with Gasteiger partial charge in [-0.2, -0.15) is 11.8 Å². The molecule has 0 aromatic heterocycles. The number of rotatable bonds is 8. The summed E-state index contributed by atoms with van der Waals surface area (Å²) >= 11 is 2.02. The molecule has 1 atom stereocenters. The van der Waals surface area contributed by atoms with Gasteiger partial charge in [0, 0.05) is 45.0 Å². The fraction of sp³-hybridized carbons (Fsp3) is 0.889. The van der Waals surface area contributed by atoms with Gasteiger partial charge in [-0.1, -0.05) is 0 Å². The number of amides is 1. The molecule has 26 heavy (non-hydrogen) atoms. The topological polar surface area (TPSA) is 69.2 Å². The Morgan fingerprint density at radius 2 is 2.08 bits per heavy atom. The summed E-state index contributed by atoms with van der Waals surface area (Å²) in [5.41, 5.74) is 0. The zero-order valence-corrected chi connectivity index (χ0v) is 17.4. The number of aliphatic imine (C=N–C) groups is 1. The van der Waals surface area contributed by atoms with Crippen LogP contribution in [0.1, 0.15) is 26.2 Å².